The van der Waals surface area contributed by atoms with Crippen LogP contribution >= 0.6 is 0 Å². The van der Waals surface area contributed by atoms with Gasteiger partial charge in [0, 0.05) is 0 Å². The molecule has 0 saturated heterocycles. The molecule has 1 aromatic rings. The lowest BCUT2D eigenvalue weighted by Gasteiger charge is -2.19. The van der Waals surface area contributed by atoms with Crippen LogP contribution in [-0.4, -0.2) is 6.10 Å². The van der Waals surface area contributed by atoms with Crippen LogP contribution in [-0.2, 0) is 4.74 Å². The molecule has 72 valence electrons. The Bertz CT molecular complexity index is 228. The zero-order valence-corrected chi connectivity index (χ0v) is 8.66. The van der Waals surface area contributed by atoms with Gasteiger partial charge in [-0.25, -0.2) is 0 Å². The predicted molar refractivity (Wildman–Crippen MR) is 55.7 cm³/mol. The summed E-state index contributed by atoms with van der Waals surface area (Å²) in [6.45, 7) is 6.30. The molecular formula is C12H18O. The molecule has 1 heteroatoms. The molecule has 1 aromatic carbocycles. The van der Waals surface area contributed by atoms with Gasteiger partial charge >= 0.3 is 0 Å². The summed E-state index contributed by atoms with van der Waals surface area (Å²) >= 11 is 0. The van der Waals surface area contributed by atoms with Crippen molar-refractivity contribution in [2.45, 2.75) is 39.4 Å². The normalized spacial score (nSPS) is 13.2. The average molecular weight is 178 g/mol. The highest BCUT2D eigenvalue weighted by atomic mass is 16.5. The molecule has 0 aliphatic heterocycles. The van der Waals surface area contributed by atoms with Crippen molar-refractivity contribution in [3.05, 3.63) is 35.9 Å². The van der Waals surface area contributed by atoms with Crippen molar-refractivity contribution in [1.29, 1.82) is 0 Å². The topological polar surface area (TPSA) is 9.23 Å². The fraction of sp³-hybridized carbons (Fsp3) is 0.500. The lowest BCUT2D eigenvalue weighted by atomic mass is 10.1. The quantitative estimate of drug-likeness (QED) is 0.685. The third-order valence-electron chi connectivity index (χ3n) is 1.98. The predicted octanol–water partition coefficient (Wildman–Crippen LogP) is 3.56. The highest BCUT2D eigenvalue weighted by Crippen LogP contribution is 2.21. The lowest BCUT2D eigenvalue weighted by Crippen LogP contribution is -2.09. The molecular weight excluding hydrogens is 160 g/mol. The van der Waals surface area contributed by atoms with E-state index in [1.54, 1.807) is 0 Å². The van der Waals surface area contributed by atoms with Crippen molar-refractivity contribution >= 4 is 0 Å². The van der Waals surface area contributed by atoms with Gasteiger partial charge in [-0.2, -0.15) is 0 Å². The van der Waals surface area contributed by atoms with E-state index in [0.29, 0.717) is 6.10 Å². The monoisotopic (exact) mass is 178 g/mol. The third kappa shape index (κ3) is 3.19. The molecule has 0 amide bonds. The second-order valence-electron chi connectivity index (χ2n) is 3.49. The van der Waals surface area contributed by atoms with E-state index in [9.17, 15) is 0 Å². The van der Waals surface area contributed by atoms with Crippen LogP contribution in [0.15, 0.2) is 30.3 Å². The zero-order chi connectivity index (χ0) is 9.68. The lowest BCUT2D eigenvalue weighted by molar-refractivity contribution is 0.00448. The molecule has 0 spiro atoms. The first-order valence-corrected chi connectivity index (χ1v) is 4.94. The summed E-state index contributed by atoms with van der Waals surface area (Å²) in [6.07, 6.45) is 1.58. The van der Waals surface area contributed by atoms with Crippen molar-refractivity contribution in [3.8, 4) is 0 Å². The molecule has 0 saturated carbocycles. The molecule has 13 heavy (non-hydrogen) atoms. The van der Waals surface area contributed by atoms with Crippen LogP contribution in [0.2, 0.25) is 0 Å². The smallest absolute Gasteiger partial charge is 0.0825 e. The van der Waals surface area contributed by atoms with Gasteiger partial charge in [0.1, 0.15) is 0 Å². The van der Waals surface area contributed by atoms with Gasteiger partial charge in [-0.1, -0.05) is 37.3 Å². The minimum absolute atomic E-state index is 0.251. The Kier molecular flexibility index (Phi) is 3.97. The van der Waals surface area contributed by atoms with Crippen molar-refractivity contribution in [2.24, 2.45) is 0 Å². The van der Waals surface area contributed by atoms with Crippen LogP contribution in [0.5, 0.6) is 0 Å². The fourth-order valence-corrected chi connectivity index (χ4v) is 1.41. The average Bonchev–Trinajstić information content (AvgIpc) is 2.15. The summed E-state index contributed by atoms with van der Waals surface area (Å²) in [4.78, 5) is 0. The Hall–Kier alpha value is -0.820. The summed E-state index contributed by atoms with van der Waals surface area (Å²) in [6, 6.07) is 10.4. The second-order valence-corrected chi connectivity index (χ2v) is 3.49. The third-order valence-corrected chi connectivity index (χ3v) is 1.98. The number of rotatable bonds is 4. The van der Waals surface area contributed by atoms with Crippen LogP contribution in [0.4, 0.5) is 0 Å². The maximum absolute atomic E-state index is 5.79. The molecule has 0 N–H and O–H groups in total. The minimum atomic E-state index is 0.251. The Morgan fingerprint density at radius 3 is 2.23 bits per heavy atom. The molecule has 0 aliphatic carbocycles. The minimum Gasteiger partial charge on any atom is -0.371 e. The molecule has 0 fully saturated rings. The first kappa shape index (κ1) is 10.3. The van der Waals surface area contributed by atoms with Gasteiger partial charge < -0.3 is 4.74 Å². The van der Waals surface area contributed by atoms with Crippen molar-refractivity contribution in [3.63, 3.8) is 0 Å². The molecule has 0 aromatic heterocycles. The van der Waals surface area contributed by atoms with Gasteiger partial charge in [-0.05, 0) is 25.8 Å². The Morgan fingerprint density at radius 2 is 1.77 bits per heavy atom. The molecule has 0 unspecified atom stereocenters. The summed E-state index contributed by atoms with van der Waals surface area (Å²) in [7, 11) is 0. The van der Waals surface area contributed by atoms with Crippen LogP contribution in [0.1, 0.15) is 38.9 Å². The van der Waals surface area contributed by atoms with Gasteiger partial charge in [0.15, 0.2) is 0 Å². The van der Waals surface area contributed by atoms with Crippen LogP contribution in [0.3, 0.4) is 0 Å². The van der Waals surface area contributed by atoms with Gasteiger partial charge in [0.05, 0.1) is 12.2 Å². The molecule has 1 rings (SSSR count). The highest BCUT2D eigenvalue weighted by molar-refractivity contribution is 5.17. The molecule has 0 radical (unpaired) electrons. The number of benzene rings is 1. The van der Waals surface area contributed by atoms with E-state index in [-0.39, 0.29) is 6.10 Å². The molecule has 1 nitrogen and oxygen atoms in total. The molecule has 0 heterocycles. The van der Waals surface area contributed by atoms with E-state index in [1.165, 1.54) is 5.56 Å². The summed E-state index contributed by atoms with van der Waals surface area (Å²) in [5, 5.41) is 0. The standard InChI is InChI=1S/C12H18O/c1-4-12(13-10(2)3)11-8-6-5-7-9-11/h5-10,12H,4H2,1-3H3/t12-/m1/s1. The molecule has 1 atom stereocenters. The van der Waals surface area contributed by atoms with E-state index in [4.69, 9.17) is 4.74 Å². The Labute approximate surface area is 80.7 Å². The molecule has 0 aliphatic rings. The van der Waals surface area contributed by atoms with E-state index in [0.717, 1.165) is 6.42 Å². The maximum atomic E-state index is 5.79. The van der Waals surface area contributed by atoms with Crippen molar-refractivity contribution in [1.82, 2.24) is 0 Å². The summed E-state index contributed by atoms with van der Waals surface area (Å²) < 4.78 is 5.79. The SMILES string of the molecule is CC[C@@H](OC(C)C)c1ccccc1. The fourth-order valence-electron chi connectivity index (χ4n) is 1.41. The van der Waals surface area contributed by atoms with Crippen molar-refractivity contribution in [2.75, 3.05) is 0 Å². The summed E-state index contributed by atoms with van der Waals surface area (Å²) in [5.74, 6) is 0. The van der Waals surface area contributed by atoms with Gasteiger partial charge in [0.2, 0.25) is 0 Å². The van der Waals surface area contributed by atoms with E-state index in [2.05, 4.69) is 45.0 Å². The van der Waals surface area contributed by atoms with Crippen molar-refractivity contribution < 1.29 is 4.74 Å². The highest BCUT2D eigenvalue weighted by Gasteiger charge is 2.10. The van der Waals surface area contributed by atoms with Crippen LogP contribution in [0.25, 0.3) is 0 Å². The summed E-state index contributed by atoms with van der Waals surface area (Å²) in [5.41, 5.74) is 1.28. The number of ether oxygens (including phenoxy) is 1. The number of hydrogen-bond acceptors (Lipinski definition) is 1. The Balaban J connectivity index is 2.67. The maximum Gasteiger partial charge on any atom is 0.0825 e. The van der Waals surface area contributed by atoms with Gasteiger partial charge in [0.25, 0.3) is 0 Å². The zero-order valence-electron chi connectivity index (χ0n) is 8.66. The number of hydrogen-bond donors (Lipinski definition) is 0. The van der Waals surface area contributed by atoms with E-state index >= 15 is 0 Å². The first-order chi connectivity index (χ1) is 6.24. The van der Waals surface area contributed by atoms with Crippen LogP contribution < -0.4 is 0 Å². The molecule has 0 bridgehead atoms. The largest absolute Gasteiger partial charge is 0.371 e. The first-order valence-electron chi connectivity index (χ1n) is 4.94. The van der Waals surface area contributed by atoms with E-state index < -0.39 is 0 Å². The van der Waals surface area contributed by atoms with Crippen LogP contribution in [0, 0.1) is 0 Å². The second kappa shape index (κ2) is 5.03. The Morgan fingerprint density at radius 1 is 1.15 bits per heavy atom. The van der Waals surface area contributed by atoms with Gasteiger partial charge in [-0.15, -0.1) is 0 Å². The van der Waals surface area contributed by atoms with Gasteiger partial charge in [-0.3, -0.25) is 0 Å². The van der Waals surface area contributed by atoms with E-state index in [1.807, 2.05) is 6.07 Å².